The first kappa shape index (κ1) is 19.6. The van der Waals surface area contributed by atoms with Gasteiger partial charge in [-0.15, -0.1) is 0 Å². The van der Waals surface area contributed by atoms with E-state index >= 15 is 0 Å². The van der Waals surface area contributed by atoms with Crippen LogP contribution >= 0.6 is 11.6 Å². The van der Waals surface area contributed by atoms with Crippen LogP contribution in [0.1, 0.15) is 17.3 Å². The van der Waals surface area contributed by atoms with Gasteiger partial charge >= 0.3 is 5.97 Å². The van der Waals surface area contributed by atoms with Gasteiger partial charge in [0.1, 0.15) is 5.82 Å². The van der Waals surface area contributed by atoms with Crippen LogP contribution < -0.4 is 5.32 Å². The molecule has 0 fully saturated rings. The fourth-order valence-electron chi connectivity index (χ4n) is 2.63. The maximum atomic E-state index is 13.9. The summed E-state index contributed by atoms with van der Waals surface area (Å²) in [7, 11) is 0. The SMILES string of the molecule is C[C@H](OC(=O)c1ccc(Cl)cc1F)C(=O)Nc1ccccc1-c1ccccc1. The highest BCUT2D eigenvalue weighted by molar-refractivity contribution is 6.30. The Hall–Kier alpha value is -3.18. The molecule has 0 aliphatic carbocycles. The maximum Gasteiger partial charge on any atom is 0.341 e. The highest BCUT2D eigenvalue weighted by Crippen LogP contribution is 2.27. The van der Waals surface area contributed by atoms with Crippen molar-refractivity contribution < 1.29 is 18.7 Å². The lowest BCUT2D eigenvalue weighted by Gasteiger charge is -2.16. The van der Waals surface area contributed by atoms with Crippen LogP contribution in [0.25, 0.3) is 11.1 Å². The minimum Gasteiger partial charge on any atom is -0.449 e. The Kier molecular flexibility index (Phi) is 6.06. The minimum atomic E-state index is -1.12. The molecule has 0 aliphatic rings. The van der Waals surface area contributed by atoms with Gasteiger partial charge in [-0.25, -0.2) is 9.18 Å². The predicted molar refractivity (Wildman–Crippen MR) is 107 cm³/mol. The zero-order valence-corrected chi connectivity index (χ0v) is 15.7. The number of rotatable bonds is 5. The van der Waals surface area contributed by atoms with Gasteiger partial charge in [0, 0.05) is 16.3 Å². The van der Waals surface area contributed by atoms with E-state index in [1.165, 1.54) is 19.1 Å². The third-order valence-corrected chi connectivity index (χ3v) is 4.31. The topological polar surface area (TPSA) is 55.4 Å². The van der Waals surface area contributed by atoms with Gasteiger partial charge in [-0.1, -0.05) is 60.1 Å². The summed E-state index contributed by atoms with van der Waals surface area (Å²) in [5.74, 6) is -2.27. The number of carbonyl (C=O) groups is 2. The molecule has 0 radical (unpaired) electrons. The number of amides is 1. The summed E-state index contributed by atoms with van der Waals surface area (Å²) in [5.41, 5.74) is 2.07. The van der Waals surface area contributed by atoms with E-state index in [9.17, 15) is 14.0 Å². The molecule has 1 atom stereocenters. The second-order valence-electron chi connectivity index (χ2n) is 6.07. The Morgan fingerprint density at radius 1 is 1.00 bits per heavy atom. The molecule has 0 spiro atoms. The number of halogens is 2. The van der Waals surface area contributed by atoms with Crippen molar-refractivity contribution in [2.24, 2.45) is 0 Å². The first-order valence-corrected chi connectivity index (χ1v) is 8.95. The summed E-state index contributed by atoms with van der Waals surface area (Å²) in [5, 5.41) is 2.92. The van der Waals surface area contributed by atoms with Crippen LogP contribution in [0.4, 0.5) is 10.1 Å². The molecular weight excluding hydrogens is 381 g/mol. The van der Waals surface area contributed by atoms with Crippen LogP contribution in [-0.4, -0.2) is 18.0 Å². The second-order valence-corrected chi connectivity index (χ2v) is 6.51. The molecule has 0 aliphatic heterocycles. The average Bonchev–Trinajstić information content (AvgIpc) is 2.69. The van der Waals surface area contributed by atoms with E-state index in [0.717, 1.165) is 17.2 Å². The third-order valence-electron chi connectivity index (χ3n) is 4.07. The lowest BCUT2D eigenvalue weighted by Crippen LogP contribution is -2.30. The van der Waals surface area contributed by atoms with Crippen LogP contribution in [0.3, 0.4) is 0 Å². The lowest BCUT2D eigenvalue weighted by molar-refractivity contribution is -0.123. The van der Waals surface area contributed by atoms with Crippen LogP contribution in [-0.2, 0) is 9.53 Å². The van der Waals surface area contributed by atoms with E-state index in [1.807, 2.05) is 42.5 Å². The number of hydrogen-bond acceptors (Lipinski definition) is 3. The molecule has 28 heavy (non-hydrogen) atoms. The smallest absolute Gasteiger partial charge is 0.341 e. The number of nitrogens with one attached hydrogen (secondary N) is 1. The fourth-order valence-corrected chi connectivity index (χ4v) is 2.79. The number of hydrogen-bond donors (Lipinski definition) is 1. The largest absolute Gasteiger partial charge is 0.449 e. The second kappa shape index (κ2) is 8.67. The van der Waals surface area contributed by atoms with Crippen LogP contribution in [0.2, 0.25) is 5.02 Å². The molecule has 4 nitrogen and oxygen atoms in total. The van der Waals surface area contributed by atoms with Crippen molar-refractivity contribution in [1.29, 1.82) is 0 Å². The lowest BCUT2D eigenvalue weighted by atomic mass is 10.0. The van der Waals surface area contributed by atoms with Gasteiger partial charge in [-0.3, -0.25) is 4.79 Å². The van der Waals surface area contributed by atoms with Crippen molar-refractivity contribution >= 4 is 29.2 Å². The number of benzene rings is 3. The number of para-hydroxylation sites is 1. The van der Waals surface area contributed by atoms with Crippen molar-refractivity contribution in [2.75, 3.05) is 5.32 Å². The van der Waals surface area contributed by atoms with Gasteiger partial charge < -0.3 is 10.1 Å². The molecule has 0 heterocycles. The number of esters is 1. The highest BCUT2D eigenvalue weighted by atomic mass is 35.5. The summed E-state index contributed by atoms with van der Waals surface area (Å²) in [4.78, 5) is 24.6. The molecule has 142 valence electrons. The Bertz CT molecular complexity index is 1010. The zero-order chi connectivity index (χ0) is 20.1. The van der Waals surface area contributed by atoms with E-state index in [1.54, 1.807) is 12.1 Å². The molecule has 0 unspecified atom stereocenters. The molecule has 0 saturated carbocycles. The predicted octanol–water partition coefficient (Wildman–Crippen LogP) is 5.33. The van der Waals surface area contributed by atoms with Crippen LogP contribution in [0.5, 0.6) is 0 Å². The van der Waals surface area contributed by atoms with Crippen molar-refractivity contribution in [3.05, 3.63) is 89.2 Å². The fraction of sp³-hybridized carbons (Fsp3) is 0.0909. The van der Waals surface area contributed by atoms with Gasteiger partial charge in [-0.05, 0) is 36.8 Å². The summed E-state index contributed by atoms with van der Waals surface area (Å²) in [6.45, 7) is 1.42. The summed E-state index contributed by atoms with van der Waals surface area (Å²) in [6.07, 6.45) is -1.12. The maximum absolute atomic E-state index is 13.9. The molecular formula is C22H17ClFNO3. The minimum absolute atomic E-state index is 0.164. The van der Waals surface area contributed by atoms with E-state index in [4.69, 9.17) is 16.3 Å². The van der Waals surface area contributed by atoms with Crippen molar-refractivity contribution in [3.63, 3.8) is 0 Å². The molecule has 0 aromatic heterocycles. The van der Waals surface area contributed by atoms with Gasteiger partial charge in [-0.2, -0.15) is 0 Å². The van der Waals surface area contributed by atoms with Crippen molar-refractivity contribution in [1.82, 2.24) is 0 Å². The van der Waals surface area contributed by atoms with Crippen LogP contribution in [0.15, 0.2) is 72.8 Å². The van der Waals surface area contributed by atoms with Crippen molar-refractivity contribution in [2.45, 2.75) is 13.0 Å². The quantitative estimate of drug-likeness (QED) is 0.592. The van der Waals surface area contributed by atoms with E-state index < -0.39 is 23.8 Å². The third kappa shape index (κ3) is 4.56. The normalized spacial score (nSPS) is 11.5. The average molecular weight is 398 g/mol. The summed E-state index contributed by atoms with van der Waals surface area (Å²) < 4.78 is 19.0. The summed E-state index contributed by atoms with van der Waals surface area (Å²) in [6, 6.07) is 20.5. The van der Waals surface area contributed by atoms with Gasteiger partial charge in [0.15, 0.2) is 6.10 Å². The van der Waals surface area contributed by atoms with Gasteiger partial charge in [0.25, 0.3) is 5.91 Å². The van der Waals surface area contributed by atoms with E-state index in [2.05, 4.69) is 5.32 Å². The molecule has 1 N–H and O–H groups in total. The zero-order valence-electron chi connectivity index (χ0n) is 15.0. The van der Waals surface area contributed by atoms with E-state index in [-0.39, 0.29) is 10.6 Å². The molecule has 3 rings (SSSR count). The Morgan fingerprint density at radius 2 is 1.68 bits per heavy atom. The Morgan fingerprint density at radius 3 is 2.39 bits per heavy atom. The highest BCUT2D eigenvalue weighted by Gasteiger charge is 2.22. The number of anilines is 1. The first-order chi connectivity index (χ1) is 13.5. The summed E-state index contributed by atoms with van der Waals surface area (Å²) >= 11 is 5.68. The molecule has 6 heteroatoms. The molecule has 0 saturated heterocycles. The first-order valence-electron chi connectivity index (χ1n) is 8.57. The number of carbonyl (C=O) groups excluding carboxylic acids is 2. The number of ether oxygens (including phenoxy) is 1. The molecule has 3 aromatic rings. The monoisotopic (exact) mass is 397 g/mol. The molecule has 3 aromatic carbocycles. The standard InChI is InChI=1S/C22H17ClFNO3/c1-14(28-22(27)18-12-11-16(23)13-19(18)24)21(26)25-20-10-6-5-9-17(20)15-7-3-2-4-8-15/h2-14H,1H3,(H,25,26)/t14-/m0/s1. The van der Waals surface area contributed by atoms with E-state index in [0.29, 0.717) is 5.69 Å². The van der Waals surface area contributed by atoms with Gasteiger partial charge in [0.05, 0.1) is 5.56 Å². The van der Waals surface area contributed by atoms with Crippen molar-refractivity contribution in [3.8, 4) is 11.1 Å². The Balaban J connectivity index is 1.72. The van der Waals surface area contributed by atoms with Gasteiger partial charge in [0.2, 0.25) is 0 Å². The van der Waals surface area contributed by atoms with Crippen LogP contribution in [0, 0.1) is 5.82 Å². The molecule has 1 amide bonds. The molecule has 0 bridgehead atoms. The Labute approximate surface area is 166 Å².